The molecule has 0 bridgehead atoms. The van der Waals surface area contributed by atoms with Gasteiger partial charge in [0.1, 0.15) is 17.2 Å². The van der Waals surface area contributed by atoms with Gasteiger partial charge in [0.05, 0.1) is 11.5 Å². The third-order valence-corrected chi connectivity index (χ3v) is 7.02. The summed E-state index contributed by atoms with van der Waals surface area (Å²) in [5.41, 5.74) is 1.50. The first-order chi connectivity index (χ1) is 16.3. The SMILES string of the molecule is CCOc1ccc(Oc2ccc(S(=O)(=O)NC(C)c3ccc(NC(=O)C4CC4)cc3)cc2)cc1. The number of carbonyl (C=O) groups is 1. The highest BCUT2D eigenvalue weighted by atomic mass is 32.2. The van der Waals surface area contributed by atoms with Gasteiger partial charge >= 0.3 is 0 Å². The fourth-order valence-electron chi connectivity index (χ4n) is 3.41. The average Bonchev–Trinajstić information content (AvgIpc) is 3.67. The van der Waals surface area contributed by atoms with E-state index in [1.165, 1.54) is 12.1 Å². The van der Waals surface area contributed by atoms with Gasteiger partial charge in [-0.15, -0.1) is 0 Å². The molecular formula is C26H28N2O5S. The van der Waals surface area contributed by atoms with E-state index in [4.69, 9.17) is 9.47 Å². The molecule has 34 heavy (non-hydrogen) atoms. The largest absolute Gasteiger partial charge is 0.494 e. The molecule has 4 rings (SSSR count). The Morgan fingerprint density at radius 2 is 1.47 bits per heavy atom. The maximum absolute atomic E-state index is 12.9. The molecule has 0 aliphatic heterocycles. The number of benzene rings is 3. The van der Waals surface area contributed by atoms with Crippen molar-refractivity contribution in [3.63, 3.8) is 0 Å². The van der Waals surface area contributed by atoms with Gasteiger partial charge in [-0.05, 0) is 92.9 Å². The van der Waals surface area contributed by atoms with Crippen molar-refractivity contribution in [3.8, 4) is 17.2 Å². The van der Waals surface area contributed by atoms with Gasteiger partial charge in [-0.25, -0.2) is 13.1 Å². The van der Waals surface area contributed by atoms with Crippen LogP contribution in [0.4, 0.5) is 5.69 Å². The Kier molecular flexibility index (Phi) is 7.19. The normalized spacial score (nSPS) is 14.3. The standard InChI is InChI=1S/C26H28N2O5S/c1-3-32-22-10-12-23(13-11-22)33-24-14-16-25(17-15-24)34(30,31)28-18(2)19-6-8-21(9-7-19)27-26(29)20-4-5-20/h6-18,20,28H,3-5H2,1-2H3,(H,27,29). The van der Waals surface area contributed by atoms with Crippen LogP contribution >= 0.6 is 0 Å². The lowest BCUT2D eigenvalue weighted by Gasteiger charge is -2.16. The molecule has 1 saturated carbocycles. The van der Waals surface area contributed by atoms with Gasteiger partial charge < -0.3 is 14.8 Å². The summed E-state index contributed by atoms with van der Waals surface area (Å²) in [4.78, 5) is 12.0. The first-order valence-corrected chi connectivity index (χ1v) is 12.8. The minimum absolute atomic E-state index is 0.0384. The molecule has 1 aliphatic rings. The lowest BCUT2D eigenvalue weighted by molar-refractivity contribution is -0.117. The summed E-state index contributed by atoms with van der Waals surface area (Å²) >= 11 is 0. The molecule has 3 aromatic rings. The molecular weight excluding hydrogens is 452 g/mol. The van der Waals surface area contributed by atoms with E-state index in [2.05, 4.69) is 10.0 Å². The summed E-state index contributed by atoms with van der Waals surface area (Å²) in [6, 6.07) is 20.2. The number of hydrogen-bond acceptors (Lipinski definition) is 5. The van der Waals surface area contributed by atoms with Crippen LogP contribution in [0.2, 0.25) is 0 Å². The summed E-state index contributed by atoms with van der Waals surface area (Å²) in [5, 5.41) is 2.88. The highest BCUT2D eigenvalue weighted by Gasteiger charge is 2.29. The van der Waals surface area contributed by atoms with Crippen molar-refractivity contribution in [3.05, 3.63) is 78.4 Å². The van der Waals surface area contributed by atoms with Crippen molar-refractivity contribution in [2.75, 3.05) is 11.9 Å². The first-order valence-electron chi connectivity index (χ1n) is 11.3. The number of ether oxygens (including phenoxy) is 2. The predicted molar refractivity (Wildman–Crippen MR) is 131 cm³/mol. The predicted octanol–water partition coefficient (Wildman–Crippen LogP) is 5.27. The van der Waals surface area contributed by atoms with Crippen molar-refractivity contribution < 1.29 is 22.7 Å². The Morgan fingerprint density at radius 3 is 2.03 bits per heavy atom. The average molecular weight is 481 g/mol. The van der Waals surface area contributed by atoms with Gasteiger partial charge in [0.2, 0.25) is 15.9 Å². The summed E-state index contributed by atoms with van der Waals surface area (Å²) in [6.07, 6.45) is 1.88. The molecule has 1 unspecified atom stereocenters. The molecule has 2 N–H and O–H groups in total. The van der Waals surface area contributed by atoms with Gasteiger partial charge in [0.25, 0.3) is 0 Å². The first kappa shape index (κ1) is 23.8. The lowest BCUT2D eigenvalue weighted by atomic mass is 10.1. The molecule has 178 valence electrons. The number of amides is 1. The molecule has 0 saturated heterocycles. The number of rotatable bonds is 10. The Hall–Kier alpha value is -3.36. The fraction of sp³-hybridized carbons (Fsp3) is 0.269. The van der Waals surface area contributed by atoms with E-state index in [9.17, 15) is 13.2 Å². The molecule has 3 aromatic carbocycles. The minimum Gasteiger partial charge on any atom is -0.494 e. The van der Waals surface area contributed by atoms with Gasteiger partial charge in [-0.2, -0.15) is 0 Å². The van der Waals surface area contributed by atoms with Crippen LogP contribution in [-0.4, -0.2) is 20.9 Å². The maximum atomic E-state index is 12.9. The van der Waals surface area contributed by atoms with Crippen LogP contribution in [0, 0.1) is 5.92 Å². The van der Waals surface area contributed by atoms with Gasteiger partial charge in [-0.3, -0.25) is 4.79 Å². The lowest BCUT2D eigenvalue weighted by Crippen LogP contribution is -2.26. The van der Waals surface area contributed by atoms with E-state index in [1.54, 1.807) is 43.3 Å². The molecule has 1 aliphatic carbocycles. The number of carbonyl (C=O) groups excluding carboxylic acids is 1. The molecule has 1 amide bonds. The smallest absolute Gasteiger partial charge is 0.241 e. The quantitative estimate of drug-likeness (QED) is 0.413. The zero-order chi connectivity index (χ0) is 24.1. The van der Waals surface area contributed by atoms with Crippen molar-refractivity contribution in [2.45, 2.75) is 37.6 Å². The number of sulfonamides is 1. The maximum Gasteiger partial charge on any atom is 0.241 e. The fourth-order valence-corrected chi connectivity index (χ4v) is 4.64. The van der Waals surface area contributed by atoms with Crippen LogP contribution in [0.25, 0.3) is 0 Å². The van der Waals surface area contributed by atoms with Crippen LogP contribution in [0.15, 0.2) is 77.7 Å². The van der Waals surface area contributed by atoms with E-state index in [0.717, 1.165) is 24.2 Å². The van der Waals surface area contributed by atoms with Crippen molar-refractivity contribution in [2.24, 2.45) is 5.92 Å². The summed E-state index contributed by atoms with van der Waals surface area (Å²) in [6.45, 7) is 4.29. The Morgan fingerprint density at radius 1 is 0.912 bits per heavy atom. The van der Waals surface area contributed by atoms with Gasteiger partial charge in [-0.1, -0.05) is 12.1 Å². The monoisotopic (exact) mass is 480 g/mol. The van der Waals surface area contributed by atoms with Crippen LogP contribution in [0.5, 0.6) is 17.2 Å². The van der Waals surface area contributed by atoms with Crippen molar-refractivity contribution in [1.82, 2.24) is 4.72 Å². The van der Waals surface area contributed by atoms with Gasteiger partial charge in [0, 0.05) is 17.6 Å². The summed E-state index contributed by atoms with van der Waals surface area (Å²) in [7, 11) is -3.73. The third kappa shape index (κ3) is 6.15. The molecule has 0 heterocycles. The second-order valence-corrected chi connectivity index (χ2v) is 9.92. The van der Waals surface area contributed by atoms with Crippen LogP contribution in [-0.2, 0) is 14.8 Å². The molecule has 7 nitrogen and oxygen atoms in total. The Labute approximate surface area is 200 Å². The van der Waals surface area contributed by atoms with E-state index in [0.29, 0.717) is 23.8 Å². The van der Waals surface area contributed by atoms with Crippen molar-refractivity contribution in [1.29, 1.82) is 0 Å². The highest BCUT2D eigenvalue weighted by Crippen LogP contribution is 2.30. The van der Waals surface area contributed by atoms with E-state index in [-0.39, 0.29) is 16.7 Å². The Balaban J connectivity index is 1.36. The van der Waals surface area contributed by atoms with Gasteiger partial charge in [0.15, 0.2) is 0 Å². The summed E-state index contributed by atoms with van der Waals surface area (Å²) < 4.78 is 39.6. The third-order valence-electron chi connectivity index (χ3n) is 5.46. The number of nitrogens with one attached hydrogen (secondary N) is 2. The van der Waals surface area contributed by atoms with E-state index >= 15 is 0 Å². The molecule has 1 atom stereocenters. The summed E-state index contributed by atoms with van der Waals surface area (Å²) in [5.74, 6) is 2.08. The van der Waals surface area contributed by atoms with Crippen LogP contribution < -0.4 is 19.5 Å². The van der Waals surface area contributed by atoms with Crippen LogP contribution in [0.1, 0.15) is 38.3 Å². The molecule has 1 fully saturated rings. The zero-order valence-electron chi connectivity index (χ0n) is 19.2. The molecule has 0 radical (unpaired) electrons. The number of anilines is 1. The highest BCUT2D eigenvalue weighted by molar-refractivity contribution is 7.89. The van der Waals surface area contributed by atoms with E-state index in [1.807, 2.05) is 31.2 Å². The second-order valence-electron chi connectivity index (χ2n) is 8.21. The molecule has 0 spiro atoms. The Bertz CT molecular complexity index is 1220. The topological polar surface area (TPSA) is 93.7 Å². The molecule has 0 aromatic heterocycles. The zero-order valence-corrected chi connectivity index (χ0v) is 20.0. The molecule has 8 heteroatoms. The van der Waals surface area contributed by atoms with Crippen molar-refractivity contribution >= 4 is 21.6 Å². The van der Waals surface area contributed by atoms with E-state index < -0.39 is 16.1 Å². The second kappa shape index (κ2) is 10.3. The number of hydrogen-bond donors (Lipinski definition) is 2. The van der Waals surface area contributed by atoms with Crippen LogP contribution in [0.3, 0.4) is 0 Å². The minimum atomic E-state index is -3.73.